The Morgan fingerprint density at radius 3 is 2.48 bits per heavy atom. The van der Waals surface area contributed by atoms with Crippen molar-refractivity contribution < 1.29 is 23.4 Å². The molecule has 0 amide bonds. The molecule has 0 aromatic carbocycles. The number of rotatable bonds is 10. The standard InChI is InChI=1S/C14H27NO5S/c1-2-3-4-5-9-15(10-11-16)21(19,20)13-8-6-7-12(13)14(17)18/h12-13,16H,2-11H2,1H3,(H,17,18). The molecule has 2 N–H and O–H groups in total. The molecule has 1 saturated carbocycles. The second kappa shape index (κ2) is 8.70. The zero-order valence-electron chi connectivity index (χ0n) is 12.7. The lowest BCUT2D eigenvalue weighted by Gasteiger charge is -2.27. The van der Waals surface area contributed by atoms with Crippen molar-refractivity contribution in [3.63, 3.8) is 0 Å². The highest BCUT2D eigenvalue weighted by Gasteiger charge is 2.43. The molecule has 0 heterocycles. The molecule has 6 nitrogen and oxygen atoms in total. The van der Waals surface area contributed by atoms with E-state index in [1.165, 1.54) is 4.31 Å². The smallest absolute Gasteiger partial charge is 0.307 e. The third-order valence-corrected chi connectivity index (χ3v) is 6.54. The fourth-order valence-electron chi connectivity index (χ4n) is 2.95. The van der Waals surface area contributed by atoms with Crippen molar-refractivity contribution in [2.45, 2.75) is 57.1 Å². The number of aliphatic carboxylic acids is 1. The Balaban J connectivity index is 2.76. The van der Waals surface area contributed by atoms with Crippen molar-refractivity contribution >= 4 is 16.0 Å². The molecule has 0 radical (unpaired) electrons. The van der Waals surface area contributed by atoms with Gasteiger partial charge in [-0.2, -0.15) is 4.31 Å². The molecule has 1 rings (SSSR count). The molecular weight excluding hydrogens is 294 g/mol. The summed E-state index contributed by atoms with van der Waals surface area (Å²) in [6.45, 7) is 2.26. The average Bonchev–Trinajstić information content (AvgIpc) is 2.92. The molecule has 0 aliphatic heterocycles. The van der Waals surface area contributed by atoms with Crippen LogP contribution in [0.5, 0.6) is 0 Å². The monoisotopic (exact) mass is 321 g/mol. The number of hydrogen-bond acceptors (Lipinski definition) is 4. The van der Waals surface area contributed by atoms with Crippen LogP contribution in [0.1, 0.15) is 51.9 Å². The molecule has 0 bridgehead atoms. The number of nitrogens with zero attached hydrogens (tertiary/aromatic N) is 1. The predicted molar refractivity (Wildman–Crippen MR) is 80.5 cm³/mol. The maximum atomic E-state index is 12.7. The van der Waals surface area contributed by atoms with E-state index in [1.54, 1.807) is 0 Å². The second-order valence-electron chi connectivity index (χ2n) is 5.64. The highest BCUT2D eigenvalue weighted by atomic mass is 32.2. The molecule has 1 aliphatic rings. The topological polar surface area (TPSA) is 94.9 Å². The summed E-state index contributed by atoms with van der Waals surface area (Å²) in [4.78, 5) is 11.2. The number of aliphatic hydroxyl groups excluding tert-OH is 1. The van der Waals surface area contributed by atoms with Crippen molar-refractivity contribution in [3.05, 3.63) is 0 Å². The number of unbranched alkanes of at least 4 members (excludes halogenated alkanes) is 3. The maximum absolute atomic E-state index is 12.7. The zero-order chi connectivity index (χ0) is 15.9. The largest absolute Gasteiger partial charge is 0.481 e. The summed E-state index contributed by atoms with van der Waals surface area (Å²) in [5.74, 6) is -1.84. The van der Waals surface area contributed by atoms with Crippen molar-refractivity contribution in [2.75, 3.05) is 19.7 Å². The number of carbonyl (C=O) groups is 1. The van der Waals surface area contributed by atoms with Gasteiger partial charge in [0.2, 0.25) is 10.0 Å². The van der Waals surface area contributed by atoms with Crippen LogP contribution in [0.3, 0.4) is 0 Å². The number of carboxylic acid groups (broad SMARTS) is 1. The zero-order valence-corrected chi connectivity index (χ0v) is 13.5. The average molecular weight is 321 g/mol. The lowest BCUT2D eigenvalue weighted by atomic mass is 10.1. The molecule has 0 aromatic rings. The van der Waals surface area contributed by atoms with Gasteiger partial charge in [0.05, 0.1) is 17.8 Å². The van der Waals surface area contributed by atoms with Crippen LogP contribution in [0.4, 0.5) is 0 Å². The number of aliphatic hydroxyl groups is 1. The summed E-state index contributed by atoms with van der Waals surface area (Å²) < 4.78 is 26.6. The quantitative estimate of drug-likeness (QED) is 0.594. The first kappa shape index (κ1) is 18.4. The van der Waals surface area contributed by atoms with Gasteiger partial charge in [-0.25, -0.2) is 8.42 Å². The number of sulfonamides is 1. The third kappa shape index (κ3) is 4.93. The minimum atomic E-state index is -3.65. The summed E-state index contributed by atoms with van der Waals surface area (Å²) in [6.07, 6.45) is 5.25. The van der Waals surface area contributed by atoms with Crippen LogP contribution in [0, 0.1) is 5.92 Å². The van der Waals surface area contributed by atoms with E-state index in [-0.39, 0.29) is 13.2 Å². The Bertz CT molecular complexity index is 423. The fourth-order valence-corrected chi connectivity index (χ4v) is 5.18. The van der Waals surface area contributed by atoms with E-state index in [4.69, 9.17) is 5.11 Å². The highest BCUT2D eigenvalue weighted by Crippen LogP contribution is 2.33. The molecule has 7 heteroatoms. The van der Waals surface area contributed by atoms with Gasteiger partial charge in [0.25, 0.3) is 0 Å². The molecule has 124 valence electrons. The predicted octanol–water partition coefficient (Wildman–Crippen LogP) is 1.44. The first-order chi connectivity index (χ1) is 9.95. The van der Waals surface area contributed by atoms with Gasteiger partial charge in [0.15, 0.2) is 0 Å². The lowest BCUT2D eigenvalue weighted by molar-refractivity contribution is -0.141. The third-order valence-electron chi connectivity index (χ3n) is 4.12. The van der Waals surface area contributed by atoms with E-state index in [0.29, 0.717) is 25.8 Å². The molecule has 0 aromatic heterocycles. The van der Waals surface area contributed by atoms with Gasteiger partial charge in [-0.15, -0.1) is 0 Å². The van der Waals surface area contributed by atoms with E-state index < -0.39 is 27.2 Å². The number of carboxylic acids is 1. The van der Waals surface area contributed by atoms with E-state index >= 15 is 0 Å². The van der Waals surface area contributed by atoms with Crippen LogP contribution in [0.15, 0.2) is 0 Å². The van der Waals surface area contributed by atoms with Crippen LogP contribution in [0.2, 0.25) is 0 Å². The van der Waals surface area contributed by atoms with Crippen molar-refractivity contribution in [2.24, 2.45) is 5.92 Å². The van der Waals surface area contributed by atoms with E-state index in [9.17, 15) is 18.3 Å². The molecule has 2 atom stereocenters. The van der Waals surface area contributed by atoms with Gasteiger partial charge >= 0.3 is 5.97 Å². The van der Waals surface area contributed by atoms with E-state index in [1.807, 2.05) is 0 Å². The van der Waals surface area contributed by atoms with Gasteiger partial charge in [0.1, 0.15) is 0 Å². The van der Waals surface area contributed by atoms with Gasteiger partial charge in [0, 0.05) is 13.1 Å². The minimum Gasteiger partial charge on any atom is -0.481 e. The summed E-state index contributed by atoms with van der Waals surface area (Å²) in [7, 11) is -3.65. The molecule has 21 heavy (non-hydrogen) atoms. The number of hydrogen-bond donors (Lipinski definition) is 2. The van der Waals surface area contributed by atoms with Crippen LogP contribution in [0.25, 0.3) is 0 Å². The van der Waals surface area contributed by atoms with Gasteiger partial charge in [-0.05, 0) is 19.3 Å². The molecular formula is C14H27NO5S. The van der Waals surface area contributed by atoms with Crippen LogP contribution in [-0.2, 0) is 14.8 Å². The van der Waals surface area contributed by atoms with Crippen molar-refractivity contribution in [1.82, 2.24) is 4.31 Å². The summed E-state index contributed by atoms with van der Waals surface area (Å²) in [5.41, 5.74) is 0. The Morgan fingerprint density at radius 2 is 1.90 bits per heavy atom. The summed E-state index contributed by atoms with van der Waals surface area (Å²) in [6, 6.07) is 0. The maximum Gasteiger partial charge on any atom is 0.307 e. The normalized spacial score (nSPS) is 22.8. The first-order valence-electron chi connectivity index (χ1n) is 7.77. The van der Waals surface area contributed by atoms with Crippen LogP contribution < -0.4 is 0 Å². The Labute approximate surface area is 127 Å². The SMILES string of the molecule is CCCCCCN(CCO)S(=O)(=O)C1CCCC1C(=O)O. The Morgan fingerprint density at radius 1 is 1.19 bits per heavy atom. The minimum absolute atomic E-state index is 0.0529. The van der Waals surface area contributed by atoms with Gasteiger partial charge in [-0.1, -0.05) is 32.6 Å². The molecule has 1 fully saturated rings. The highest BCUT2D eigenvalue weighted by molar-refractivity contribution is 7.89. The Hall–Kier alpha value is -0.660. The second-order valence-corrected chi connectivity index (χ2v) is 7.79. The molecule has 0 saturated heterocycles. The summed E-state index contributed by atoms with van der Waals surface area (Å²) in [5, 5.41) is 17.4. The molecule has 2 unspecified atom stereocenters. The van der Waals surface area contributed by atoms with E-state index in [0.717, 1.165) is 25.7 Å². The van der Waals surface area contributed by atoms with E-state index in [2.05, 4.69) is 6.92 Å². The van der Waals surface area contributed by atoms with Crippen LogP contribution in [-0.4, -0.2) is 53.9 Å². The van der Waals surface area contributed by atoms with Gasteiger partial charge in [-0.3, -0.25) is 4.79 Å². The first-order valence-corrected chi connectivity index (χ1v) is 9.28. The Kier molecular flexibility index (Phi) is 7.62. The fraction of sp³-hybridized carbons (Fsp3) is 0.929. The molecule has 0 spiro atoms. The van der Waals surface area contributed by atoms with Gasteiger partial charge < -0.3 is 10.2 Å². The molecule has 1 aliphatic carbocycles. The summed E-state index contributed by atoms with van der Waals surface area (Å²) >= 11 is 0. The van der Waals surface area contributed by atoms with Crippen molar-refractivity contribution in [3.8, 4) is 0 Å². The lowest BCUT2D eigenvalue weighted by Crippen LogP contribution is -2.43. The van der Waals surface area contributed by atoms with Crippen molar-refractivity contribution in [1.29, 1.82) is 0 Å². The van der Waals surface area contributed by atoms with Crippen LogP contribution >= 0.6 is 0 Å².